The predicted octanol–water partition coefficient (Wildman–Crippen LogP) is 1.14. The minimum Gasteiger partial charge on any atom is -0.355 e. The Morgan fingerprint density at radius 3 is 2.39 bits per heavy atom. The van der Waals surface area contributed by atoms with Gasteiger partial charge in [-0.25, -0.2) is 4.79 Å². The van der Waals surface area contributed by atoms with Crippen molar-refractivity contribution in [1.82, 2.24) is 36.2 Å². The SMILES string of the molecule is C=C(CN[C@@H](C)CC(c1ccc(C([NH3+])=O)cc1)(c1ccc(C(=O)NC)cc1)c1nn[nH]n1)N1C(C#N)CC23C[C@@H]2C13. The van der Waals surface area contributed by atoms with E-state index in [1.807, 2.05) is 24.3 Å². The number of nitrogens with zero attached hydrogens (tertiary/aromatic N) is 5. The zero-order valence-corrected chi connectivity index (χ0v) is 23.2. The summed E-state index contributed by atoms with van der Waals surface area (Å²) in [5, 5.41) is 31.4. The van der Waals surface area contributed by atoms with Crippen LogP contribution in [0, 0.1) is 22.7 Å². The molecule has 3 aliphatic rings. The van der Waals surface area contributed by atoms with Crippen molar-refractivity contribution in [2.45, 2.75) is 49.7 Å². The number of carbonyl (C=O) groups excluding carboxylic acids is 2. The second-order valence-electron chi connectivity index (χ2n) is 11.6. The molecular weight excluding hydrogens is 518 g/mol. The van der Waals surface area contributed by atoms with E-state index >= 15 is 0 Å². The Morgan fingerprint density at radius 2 is 1.85 bits per heavy atom. The first-order chi connectivity index (χ1) is 19.7. The van der Waals surface area contributed by atoms with E-state index in [0.717, 1.165) is 29.2 Å². The van der Waals surface area contributed by atoms with E-state index in [-0.39, 0.29) is 23.9 Å². The van der Waals surface area contributed by atoms with Gasteiger partial charge >= 0.3 is 5.91 Å². The van der Waals surface area contributed by atoms with Crippen molar-refractivity contribution in [1.29, 1.82) is 5.26 Å². The average molecular weight is 553 g/mol. The van der Waals surface area contributed by atoms with Gasteiger partial charge in [-0.15, -0.1) is 10.2 Å². The number of H-pyrrole nitrogens is 1. The maximum atomic E-state index is 12.3. The Bertz CT molecular complexity index is 1530. The van der Waals surface area contributed by atoms with Crippen molar-refractivity contribution >= 4 is 11.8 Å². The molecular formula is C30H34N9O2+. The zero-order chi connectivity index (χ0) is 28.9. The van der Waals surface area contributed by atoms with Crippen molar-refractivity contribution < 1.29 is 15.3 Å². The molecule has 0 radical (unpaired) electrons. The fourth-order valence-electron chi connectivity index (χ4n) is 6.98. The van der Waals surface area contributed by atoms with Crippen molar-refractivity contribution in [2.24, 2.45) is 11.3 Å². The summed E-state index contributed by atoms with van der Waals surface area (Å²) in [6.45, 7) is 7.00. The van der Waals surface area contributed by atoms with E-state index < -0.39 is 5.41 Å². The van der Waals surface area contributed by atoms with Crippen LogP contribution >= 0.6 is 0 Å². The van der Waals surface area contributed by atoms with Gasteiger partial charge in [-0.05, 0) is 72.9 Å². The third-order valence-corrected chi connectivity index (χ3v) is 9.32. The van der Waals surface area contributed by atoms with Gasteiger partial charge in [-0.3, -0.25) is 10.5 Å². The maximum absolute atomic E-state index is 12.3. The van der Waals surface area contributed by atoms with Crippen LogP contribution in [0.2, 0.25) is 0 Å². The minimum absolute atomic E-state index is 0.0520. The van der Waals surface area contributed by atoms with Gasteiger partial charge in [-0.1, -0.05) is 36.1 Å². The van der Waals surface area contributed by atoms with Crippen LogP contribution in [0.25, 0.3) is 0 Å². The highest BCUT2D eigenvalue weighted by Gasteiger charge is 2.84. The number of likely N-dealkylation sites (tertiary alicyclic amines) is 1. The molecule has 2 aliphatic carbocycles. The monoisotopic (exact) mass is 552 g/mol. The van der Waals surface area contributed by atoms with Gasteiger partial charge in [-0.2, -0.15) is 10.5 Å². The van der Waals surface area contributed by atoms with Crippen molar-refractivity contribution in [2.75, 3.05) is 13.6 Å². The number of hydrogen-bond acceptors (Lipinski definition) is 8. The van der Waals surface area contributed by atoms with Crippen LogP contribution in [-0.2, 0) is 5.41 Å². The molecule has 4 unspecified atom stereocenters. The predicted molar refractivity (Wildman–Crippen MR) is 149 cm³/mol. The highest BCUT2D eigenvalue weighted by atomic mass is 16.1. The molecule has 3 fully saturated rings. The van der Waals surface area contributed by atoms with E-state index in [2.05, 4.69) is 61.5 Å². The number of piperidine rings is 1. The summed E-state index contributed by atoms with van der Waals surface area (Å²) in [6, 6.07) is 17.5. The van der Waals surface area contributed by atoms with E-state index in [4.69, 9.17) is 0 Å². The molecule has 11 heteroatoms. The topological polar surface area (TPSA) is 167 Å². The summed E-state index contributed by atoms with van der Waals surface area (Å²) in [4.78, 5) is 26.4. The maximum Gasteiger partial charge on any atom is 0.340 e. The Hall–Kier alpha value is -4.40. The fourth-order valence-corrected chi connectivity index (χ4v) is 6.98. The quantitative estimate of drug-likeness (QED) is 0.275. The van der Waals surface area contributed by atoms with Crippen molar-refractivity contribution in [3.05, 3.63) is 88.9 Å². The number of nitriles is 1. The fraction of sp³-hybridized carbons (Fsp3) is 0.400. The van der Waals surface area contributed by atoms with E-state index in [9.17, 15) is 14.9 Å². The molecule has 2 amide bonds. The molecule has 41 heavy (non-hydrogen) atoms. The number of rotatable bonds is 11. The van der Waals surface area contributed by atoms with Gasteiger partial charge in [0, 0.05) is 36.9 Å². The molecule has 1 saturated heterocycles. The lowest BCUT2D eigenvalue weighted by atomic mass is 9.69. The van der Waals surface area contributed by atoms with Gasteiger partial charge in [0.15, 0.2) is 5.82 Å². The normalized spacial score (nSPS) is 25.7. The largest absolute Gasteiger partial charge is 0.355 e. The lowest BCUT2D eigenvalue weighted by molar-refractivity contribution is -0.255. The highest BCUT2D eigenvalue weighted by Crippen LogP contribution is 2.83. The number of benzene rings is 2. The van der Waals surface area contributed by atoms with Gasteiger partial charge in [0.1, 0.15) is 6.04 Å². The molecule has 6 rings (SSSR count). The molecule has 6 N–H and O–H groups in total. The highest BCUT2D eigenvalue weighted by molar-refractivity contribution is 5.94. The number of carbonyl (C=O) groups is 2. The van der Waals surface area contributed by atoms with Crippen LogP contribution in [0.15, 0.2) is 60.8 Å². The second-order valence-corrected chi connectivity index (χ2v) is 11.6. The zero-order valence-electron chi connectivity index (χ0n) is 23.2. The summed E-state index contributed by atoms with van der Waals surface area (Å²) < 4.78 is 0. The van der Waals surface area contributed by atoms with E-state index in [1.165, 1.54) is 6.42 Å². The summed E-state index contributed by atoms with van der Waals surface area (Å²) in [6.07, 6.45) is 2.73. The van der Waals surface area contributed by atoms with E-state index in [1.54, 1.807) is 31.3 Å². The van der Waals surface area contributed by atoms with E-state index in [0.29, 0.717) is 41.4 Å². The molecule has 1 aromatic heterocycles. The molecule has 2 heterocycles. The number of nitrogens with one attached hydrogen (secondary N) is 3. The first kappa shape index (κ1) is 26.8. The number of tetrazole rings is 1. The summed E-state index contributed by atoms with van der Waals surface area (Å²) in [5.74, 6) is 0.757. The van der Waals surface area contributed by atoms with Crippen LogP contribution in [0.1, 0.15) is 63.9 Å². The van der Waals surface area contributed by atoms with Gasteiger partial charge in [0.25, 0.3) is 5.91 Å². The third-order valence-electron chi connectivity index (χ3n) is 9.32. The summed E-state index contributed by atoms with van der Waals surface area (Å²) in [7, 11) is 1.60. The second kappa shape index (κ2) is 9.90. The van der Waals surface area contributed by atoms with Crippen molar-refractivity contribution in [3.63, 3.8) is 0 Å². The molecule has 2 aromatic carbocycles. The third kappa shape index (κ3) is 4.31. The molecule has 2 saturated carbocycles. The van der Waals surface area contributed by atoms with Crippen LogP contribution < -0.4 is 16.4 Å². The number of quaternary nitrogens is 1. The lowest BCUT2D eigenvalue weighted by Gasteiger charge is -2.36. The number of amides is 2. The summed E-state index contributed by atoms with van der Waals surface area (Å²) >= 11 is 0. The summed E-state index contributed by atoms with van der Waals surface area (Å²) in [5.41, 5.74) is 6.76. The Balaban J connectivity index is 1.31. The number of fused-ring (bicyclic) bond motifs is 1. The van der Waals surface area contributed by atoms with Gasteiger partial charge < -0.3 is 15.5 Å². The van der Waals surface area contributed by atoms with Crippen LogP contribution in [0.3, 0.4) is 0 Å². The first-order valence-electron chi connectivity index (χ1n) is 13.9. The van der Waals surface area contributed by atoms with Crippen LogP contribution in [-0.4, -0.2) is 69.1 Å². The molecule has 0 bridgehead atoms. The molecule has 1 spiro atoms. The molecule has 3 aromatic rings. The molecule has 6 atom stereocenters. The van der Waals surface area contributed by atoms with Crippen molar-refractivity contribution in [3.8, 4) is 6.07 Å². The van der Waals surface area contributed by atoms with Gasteiger partial charge in [0.05, 0.1) is 17.0 Å². The lowest BCUT2D eigenvalue weighted by Crippen LogP contribution is -2.56. The van der Waals surface area contributed by atoms with Crippen LogP contribution in [0.5, 0.6) is 0 Å². The number of hydrogen-bond donors (Lipinski definition) is 4. The van der Waals surface area contributed by atoms with Crippen LogP contribution in [0.4, 0.5) is 0 Å². The number of aromatic nitrogens is 4. The smallest absolute Gasteiger partial charge is 0.340 e. The Morgan fingerprint density at radius 1 is 1.20 bits per heavy atom. The molecule has 210 valence electrons. The van der Waals surface area contributed by atoms with Gasteiger partial charge in [0.2, 0.25) is 0 Å². The Kier molecular flexibility index (Phi) is 6.47. The Labute approximate surface area is 238 Å². The average Bonchev–Trinajstić information content (AvgIpc) is 3.67. The molecule has 1 aliphatic heterocycles. The number of aromatic amines is 1. The molecule has 11 nitrogen and oxygen atoms in total. The first-order valence-corrected chi connectivity index (χ1v) is 13.9. The minimum atomic E-state index is -0.865. The standard InChI is InChI=1S/C30H33N9O2/c1-17(34-16-18(2)39-23(15-31)13-29-14-24(29)25(29)39)12-30(28-35-37-38-36-28,21-8-4-19(5-9-21)26(32)40)22-10-6-20(7-11-22)27(41)33-3/h4-11,17,23-25,34H,2,12-14,16H2,1,3H3,(H2,32,40)(H,33,41)(H,35,36,37,38)/p+1/t17-,23?,24+,25?,29?,30?/m0/s1.